The number of benzene rings is 2. The lowest BCUT2D eigenvalue weighted by Gasteiger charge is -2.10. The van der Waals surface area contributed by atoms with Gasteiger partial charge in [-0.25, -0.2) is 0 Å². The average molecular weight is 475 g/mol. The van der Waals surface area contributed by atoms with Gasteiger partial charge >= 0.3 is 0 Å². The molecule has 1 N–H and O–H groups in total. The van der Waals surface area contributed by atoms with Crippen molar-refractivity contribution >= 4 is 29.1 Å². The second kappa shape index (κ2) is 9.18. The summed E-state index contributed by atoms with van der Waals surface area (Å²) in [4.78, 5) is 24.9. The van der Waals surface area contributed by atoms with Crippen LogP contribution < -0.4 is 10.1 Å². The van der Waals surface area contributed by atoms with E-state index in [9.17, 15) is 9.59 Å². The van der Waals surface area contributed by atoms with Crippen molar-refractivity contribution in [2.75, 3.05) is 18.2 Å². The van der Waals surface area contributed by atoms with Gasteiger partial charge in [0.15, 0.2) is 16.8 Å². The van der Waals surface area contributed by atoms with Crippen molar-refractivity contribution in [1.82, 2.24) is 14.8 Å². The molecule has 1 aliphatic heterocycles. The Labute approximate surface area is 200 Å². The molecule has 0 radical (unpaired) electrons. The second-order valence-electron chi connectivity index (χ2n) is 7.93. The third kappa shape index (κ3) is 4.22. The van der Waals surface area contributed by atoms with Crippen LogP contribution in [-0.2, 0) is 11.3 Å². The first-order valence-electron chi connectivity index (χ1n) is 10.7. The van der Waals surface area contributed by atoms with Gasteiger partial charge in [0.25, 0.3) is 0 Å². The van der Waals surface area contributed by atoms with Crippen molar-refractivity contribution in [2.45, 2.75) is 24.5 Å². The number of methoxy groups -OCH3 is 1. The molecule has 0 spiro atoms. The summed E-state index contributed by atoms with van der Waals surface area (Å²) in [6.07, 6.45) is 1.62. The number of hydrogen-bond acceptors (Lipinski definition) is 7. The van der Waals surface area contributed by atoms with E-state index in [2.05, 4.69) is 15.5 Å². The molecule has 4 aromatic rings. The Balaban J connectivity index is 1.40. The van der Waals surface area contributed by atoms with Gasteiger partial charge in [0.05, 0.1) is 31.6 Å². The van der Waals surface area contributed by atoms with Gasteiger partial charge in [0.1, 0.15) is 11.5 Å². The van der Waals surface area contributed by atoms with Crippen LogP contribution in [0.1, 0.15) is 34.5 Å². The van der Waals surface area contributed by atoms with E-state index in [1.807, 2.05) is 47.9 Å². The molecule has 2 aromatic carbocycles. The van der Waals surface area contributed by atoms with Gasteiger partial charge in [-0.3, -0.25) is 14.2 Å². The number of ether oxygens (including phenoxy) is 1. The predicted molar refractivity (Wildman–Crippen MR) is 128 cm³/mol. The predicted octanol–water partition coefficient (Wildman–Crippen LogP) is 4.63. The van der Waals surface area contributed by atoms with E-state index < -0.39 is 0 Å². The first kappa shape index (κ1) is 22.0. The minimum absolute atomic E-state index is 0.0465. The molecule has 34 heavy (non-hydrogen) atoms. The standard InChI is InChI=1S/C25H22N4O4S/c1-15-20-12-16(8-9-21(20)26-24(15)31)22(30)14-34-25-28-27-23(17-5-3-6-18(11-17)32-2)29(25)13-19-7-4-10-33-19/h3-12,15H,13-14H2,1-2H3,(H,26,31)/t15-/m0/s1. The minimum atomic E-state index is -0.266. The van der Waals surface area contributed by atoms with Crippen LogP contribution in [0.5, 0.6) is 5.75 Å². The lowest BCUT2D eigenvalue weighted by atomic mass is 9.99. The summed E-state index contributed by atoms with van der Waals surface area (Å²) >= 11 is 1.32. The van der Waals surface area contributed by atoms with Gasteiger partial charge in [-0.15, -0.1) is 10.2 Å². The van der Waals surface area contributed by atoms with Crippen LogP contribution >= 0.6 is 11.8 Å². The van der Waals surface area contributed by atoms with Gasteiger partial charge in [0, 0.05) is 16.8 Å². The largest absolute Gasteiger partial charge is 0.497 e. The number of carbonyl (C=O) groups is 2. The number of aromatic nitrogens is 3. The summed E-state index contributed by atoms with van der Waals surface area (Å²) in [5.74, 6) is 1.94. The summed E-state index contributed by atoms with van der Waals surface area (Å²) in [5, 5.41) is 12.2. The number of anilines is 1. The molecule has 0 bridgehead atoms. The molecule has 9 heteroatoms. The maximum Gasteiger partial charge on any atom is 0.231 e. The molecular formula is C25H22N4O4S. The third-order valence-corrected chi connectivity index (χ3v) is 6.73. The summed E-state index contributed by atoms with van der Waals surface area (Å²) in [5.41, 5.74) is 3.03. The molecule has 5 rings (SSSR count). The van der Waals surface area contributed by atoms with Crippen molar-refractivity contribution in [2.24, 2.45) is 0 Å². The number of nitrogens with one attached hydrogen (secondary N) is 1. The number of rotatable bonds is 8. The molecule has 0 saturated heterocycles. The monoisotopic (exact) mass is 474 g/mol. The summed E-state index contributed by atoms with van der Waals surface area (Å²) in [6.45, 7) is 2.26. The van der Waals surface area contributed by atoms with E-state index in [-0.39, 0.29) is 23.4 Å². The van der Waals surface area contributed by atoms with Crippen molar-refractivity contribution in [3.05, 3.63) is 77.7 Å². The molecule has 8 nitrogen and oxygen atoms in total. The highest BCUT2D eigenvalue weighted by molar-refractivity contribution is 7.99. The van der Waals surface area contributed by atoms with E-state index in [0.29, 0.717) is 28.8 Å². The first-order valence-corrected chi connectivity index (χ1v) is 11.7. The summed E-state index contributed by atoms with van der Waals surface area (Å²) in [7, 11) is 1.62. The lowest BCUT2D eigenvalue weighted by Crippen LogP contribution is -2.08. The SMILES string of the molecule is COc1cccc(-c2nnc(SCC(=O)c3ccc4c(c3)[C@H](C)C(=O)N4)n2Cc2ccco2)c1. The van der Waals surface area contributed by atoms with Crippen LogP contribution in [0.3, 0.4) is 0 Å². The molecule has 0 unspecified atom stereocenters. The quantitative estimate of drug-likeness (QED) is 0.294. The molecule has 3 heterocycles. The fourth-order valence-electron chi connectivity index (χ4n) is 3.88. The number of thioether (sulfide) groups is 1. The summed E-state index contributed by atoms with van der Waals surface area (Å²) in [6, 6.07) is 16.6. The average Bonchev–Trinajstić information content (AvgIpc) is 3.58. The number of hydrogen-bond donors (Lipinski definition) is 1. The molecule has 2 aromatic heterocycles. The normalized spacial score (nSPS) is 14.6. The van der Waals surface area contributed by atoms with Crippen LogP contribution in [0, 0.1) is 0 Å². The van der Waals surface area contributed by atoms with Gasteiger partial charge in [-0.1, -0.05) is 23.9 Å². The van der Waals surface area contributed by atoms with Crippen LogP contribution in [0.15, 0.2) is 70.4 Å². The number of ketones is 1. The van der Waals surface area contributed by atoms with Crippen LogP contribution in [0.25, 0.3) is 11.4 Å². The third-order valence-electron chi connectivity index (χ3n) is 5.76. The Morgan fingerprint density at radius 3 is 2.85 bits per heavy atom. The maximum absolute atomic E-state index is 13.0. The minimum Gasteiger partial charge on any atom is -0.497 e. The molecule has 1 aliphatic rings. The zero-order chi connectivity index (χ0) is 23.7. The Kier molecular flexibility index (Phi) is 5.93. The Morgan fingerprint density at radius 1 is 1.18 bits per heavy atom. The van der Waals surface area contributed by atoms with Gasteiger partial charge in [0.2, 0.25) is 5.91 Å². The van der Waals surface area contributed by atoms with E-state index >= 15 is 0 Å². The number of amides is 1. The molecular weight excluding hydrogens is 452 g/mol. The van der Waals surface area contributed by atoms with Gasteiger partial charge in [-0.05, 0) is 55.0 Å². The Bertz CT molecular complexity index is 1360. The van der Waals surface area contributed by atoms with Crippen molar-refractivity contribution in [3.8, 4) is 17.1 Å². The van der Waals surface area contributed by atoms with E-state index in [1.54, 1.807) is 31.6 Å². The van der Waals surface area contributed by atoms with Crippen LogP contribution in [0.2, 0.25) is 0 Å². The number of furan rings is 1. The van der Waals surface area contributed by atoms with Crippen molar-refractivity contribution < 1.29 is 18.7 Å². The molecule has 0 fully saturated rings. The first-order chi connectivity index (χ1) is 16.5. The smallest absolute Gasteiger partial charge is 0.231 e. The number of Topliss-reactive ketones (excluding diaryl/α,β-unsaturated/α-hetero) is 1. The summed E-state index contributed by atoms with van der Waals surface area (Å²) < 4.78 is 12.8. The fourth-order valence-corrected chi connectivity index (χ4v) is 4.71. The van der Waals surface area contributed by atoms with E-state index in [4.69, 9.17) is 9.15 Å². The highest BCUT2D eigenvalue weighted by Crippen LogP contribution is 2.33. The molecule has 1 amide bonds. The van der Waals surface area contributed by atoms with Gasteiger partial charge < -0.3 is 14.5 Å². The van der Waals surface area contributed by atoms with Gasteiger partial charge in [-0.2, -0.15) is 0 Å². The van der Waals surface area contributed by atoms with Crippen molar-refractivity contribution in [1.29, 1.82) is 0 Å². The van der Waals surface area contributed by atoms with E-state index in [0.717, 1.165) is 22.6 Å². The van der Waals surface area contributed by atoms with Crippen molar-refractivity contribution in [3.63, 3.8) is 0 Å². The topological polar surface area (TPSA) is 99.3 Å². The Hall–Kier alpha value is -3.85. The number of nitrogens with zero attached hydrogens (tertiary/aromatic N) is 3. The molecule has 0 saturated carbocycles. The second-order valence-corrected chi connectivity index (χ2v) is 8.87. The molecule has 0 aliphatic carbocycles. The number of fused-ring (bicyclic) bond motifs is 1. The maximum atomic E-state index is 13.0. The zero-order valence-electron chi connectivity index (χ0n) is 18.6. The number of carbonyl (C=O) groups excluding carboxylic acids is 2. The van der Waals surface area contributed by atoms with E-state index in [1.165, 1.54) is 11.8 Å². The fraction of sp³-hybridized carbons (Fsp3) is 0.200. The highest BCUT2D eigenvalue weighted by atomic mass is 32.2. The molecule has 172 valence electrons. The highest BCUT2D eigenvalue weighted by Gasteiger charge is 2.27. The lowest BCUT2D eigenvalue weighted by molar-refractivity contribution is -0.116. The zero-order valence-corrected chi connectivity index (χ0v) is 19.5. The van der Waals surface area contributed by atoms with Crippen LogP contribution in [-0.4, -0.2) is 39.3 Å². The van der Waals surface area contributed by atoms with Crippen LogP contribution in [0.4, 0.5) is 5.69 Å². The Morgan fingerprint density at radius 2 is 2.06 bits per heavy atom. The molecule has 1 atom stereocenters.